The van der Waals surface area contributed by atoms with Crippen molar-refractivity contribution >= 4 is 29.1 Å². The molecule has 4 heteroatoms. The zero-order chi connectivity index (χ0) is 16.9. The molecule has 2 heterocycles. The Morgan fingerprint density at radius 2 is 1.81 bits per heavy atom. The number of amides is 1. The minimum Gasteiger partial charge on any atom is -0.342 e. The molecule has 2 aromatic rings. The lowest BCUT2D eigenvalue weighted by molar-refractivity contribution is -0.134. The van der Waals surface area contributed by atoms with E-state index in [1.807, 2.05) is 0 Å². The summed E-state index contributed by atoms with van der Waals surface area (Å²) in [5.41, 5.74) is 1.82. The van der Waals surface area contributed by atoms with Crippen molar-refractivity contribution in [3.63, 3.8) is 0 Å². The van der Waals surface area contributed by atoms with Crippen LogP contribution < -0.4 is 5.32 Å². The molecule has 3 nitrogen and oxygen atoms in total. The topological polar surface area (TPSA) is 32.3 Å². The Morgan fingerprint density at radius 1 is 1.04 bits per heavy atom. The molecule has 2 atom stereocenters. The Kier molecular flexibility index (Phi) is 4.70. The first-order chi connectivity index (χ1) is 12.2. The summed E-state index contributed by atoms with van der Waals surface area (Å²) in [6.45, 7) is 4.22. The second-order valence-corrected chi connectivity index (χ2v) is 8.31. The monoisotopic (exact) mass is 370 g/mol. The molecule has 2 aliphatic heterocycles. The van der Waals surface area contributed by atoms with Crippen molar-refractivity contribution in [3.8, 4) is 0 Å². The number of nitrogens with zero attached hydrogens (tertiary/aromatic N) is 1. The highest BCUT2D eigenvalue weighted by atomic mass is 35.5. The number of carbonyl (C=O) groups excluding carboxylic acids is 1. The lowest BCUT2D eigenvalue weighted by atomic mass is 9.78. The van der Waals surface area contributed by atoms with E-state index in [0.717, 1.165) is 32.6 Å². The van der Waals surface area contributed by atoms with Crippen LogP contribution in [-0.4, -0.2) is 37.0 Å². The van der Waals surface area contributed by atoms with E-state index in [-0.39, 0.29) is 18.3 Å². The molecule has 1 aliphatic carbocycles. The molecule has 138 valence electrons. The maximum atomic E-state index is 12.9. The SMILES string of the molecule is Cl.O=C(C1CC1c1ccc2ccccc2c1)N1CCC2(CCNC2)CC1. The first-order valence-corrected chi connectivity index (χ1v) is 9.72. The van der Waals surface area contributed by atoms with Crippen LogP contribution in [0.2, 0.25) is 0 Å². The van der Waals surface area contributed by atoms with E-state index < -0.39 is 0 Å². The van der Waals surface area contributed by atoms with Crippen LogP contribution in [0.3, 0.4) is 0 Å². The van der Waals surface area contributed by atoms with Crippen molar-refractivity contribution in [1.82, 2.24) is 10.2 Å². The first-order valence-electron chi connectivity index (χ1n) is 9.72. The molecule has 2 saturated heterocycles. The van der Waals surface area contributed by atoms with Gasteiger partial charge in [-0.2, -0.15) is 0 Å². The van der Waals surface area contributed by atoms with Gasteiger partial charge in [0.05, 0.1) is 0 Å². The third kappa shape index (κ3) is 3.12. The standard InChI is InChI=1S/C22H26N2O.ClH/c25-21(24-11-8-22(9-12-24)7-10-23-15-22)20-14-19(20)18-6-5-16-3-1-2-4-17(16)13-18;/h1-6,13,19-20,23H,7-12,14-15H2;1H. The summed E-state index contributed by atoms with van der Waals surface area (Å²) >= 11 is 0. The number of benzene rings is 2. The number of hydrogen-bond acceptors (Lipinski definition) is 2. The van der Waals surface area contributed by atoms with Gasteiger partial charge < -0.3 is 10.2 Å². The predicted molar refractivity (Wildman–Crippen MR) is 108 cm³/mol. The van der Waals surface area contributed by atoms with Crippen LogP contribution >= 0.6 is 12.4 Å². The summed E-state index contributed by atoms with van der Waals surface area (Å²) in [6, 6.07) is 15.2. The van der Waals surface area contributed by atoms with Gasteiger partial charge in [0.2, 0.25) is 5.91 Å². The summed E-state index contributed by atoms with van der Waals surface area (Å²) < 4.78 is 0. The smallest absolute Gasteiger partial charge is 0.226 e. The Morgan fingerprint density at radius 3 is 2.54 bits per heavy atom. The highest BCUT2D eigenvalue weighted by Crippen LogP contribution is 2.49. The van der Waals surface area contributed by atoms with E-state index >= 15 is 0 Å². The molecule has 3 aliphatic rings. The number of hydrogen-bond donors (Lipinski definition) is 1. The lowest BCUT2D eigenvalue weighted by Crippen LogP contribution is -2.44. The van der Waals surface area contributed by atoms with Gasteiger partial charge in [-0.3, -0.25) is 4.79 Å². The van der Waals surface area contributed by atoms with Crippen molar-refractivity contribution in [3.05, 3.63) is 48.0 Å². The molecule has 1 amide bonds. The van der Waals surface area contributed by atoms with Crippen LogP contribution in [-0.2, 0) is 4.79 Å². The Labute approximate surface area is 161 Å². The zero-order valence-corrected chi connectivity index (χ0v) is 15.9. The van der Waals surface area contributed by atoms with Gasteiger partial charge >= 0.3 is 0 Å². The van der Waals surface area contributed by atoms with Gasteiger partial charge in [-0.25, -0.2) is 0 Å². The van der Waals surface area contributed by atoms with Gasteiger partial charge in [0.25, 0.3) is 0 Å². The fourth-order valence-electron chi connectivity index (χ4n) is 4.93. The van der Waals surface area contributed by atoms with Crippen molar-refractivity contribution in [2.24, 2.45) is 11.3 Å². The third-order valence-electron chi connectivity index (χ3n) is 6.78. The van der Waals surface area contributed by atoms with Crippen LogP contribution in [0, 0.1) is 11.3 Å². The predicted octanol–water partition coefficient (Wildman–Crippen LogP) is 3.97. The lowest BCUT2D eigenvalue weighted by Gasteiger charge is -2.39. The van der Waals surface area contributed by atoms with E-state index in [4.69, 9.17) is 0 Å². The third-order valence-corrected chi connectivity index (χ3v) is 6.78. The number of likely N-dealkylation sites (tertiary alicyclic amines) is 1. The van der Waals surface area contributed by atoms with E-state index in [9.17, 15) is 4.79 Å². The van der Waals surface area contributed by atoms with Gasteiger partial charge in [0, 0.05) is 25.6 Å². The van der Waals surface area contributed by atoms with Gasteiger partial charge in [-0.1, -0.05) is 42.5 Å². The molecular formula is C22H27ClN2O. The number of fused-ring (bicyclic) bond motifs is 1. The molecule has 0 radical (unpaired) electrons. The maximum absolute atomic E-state index is 12.9. The average Bonchev–Trinajstić information content (AvgIpc) is 3.35. The van der Waals surface area contributed by atoms with Gasteiger partial charge in [0.15, 0.2) is 0 Å². The summed E-state index contributed by atoms with van der Waals surface area (Å²) in [5.74, 6) is 1.05. The minimum absolute atomic E-state index is 0. The molecule has 26 heavy (non-hydrogen) atoms. The number of halogens is 1. The van der Waals surface area contributed by atoms with Crippen molar-refractivity contribution in [2.75, 3.05) is 26.2 Å². The molecule has 1 N–H and O–H groups in total. The Bertz CT molecular complexity index is 805. The van der Waals surface area contributed by atoms with Gasteiger partial charge in [0.1, 0.15) is 0 Å². The highest BCUT2D eigenvalue weighted by molar-refractivity contribution is 5.86. The van der Waals surface area contributed by atoms with E-state index in [0.29, 0.717) is 17.2 Å². The van der Waals surface area contributed by atoms with Gasteiger partial charge in [-0.15, -0.1) is 12.4 Å². The average molecular weight is 371 g/mol. The van der Waals surface area contributed by atoms with E-state index in [1.54, 1.807) is 0 Å². The molecule has 1 saturated carbocycles. The van der Waals surface area contributed by atoms with Crippen LogP contribution in [0.1, 0.15) is 37.2 Å². The zero-order valence-electron chi connectivity index (χ0n) is 15.1. The van der Waals surface area contributed by atoms with Crippen LogP contribution in [0.4, 0.5) is 0 Å². The minimum atomic E-state index is 0. The normalized spacial score (nSPS) is 26.7. The quantitative estimate of drug-likeness (QED) is 0.867. The van der Waals surface area contributed by atoms with Crippen LogP contribution in [0.15, 0.2) is 42.5 Å². The number of nitrogens with one attached hydrogen (secondary N) is 1. The number of piperidine rings is 1. The van der Waals surface area contributed by atoms with Crippen LogP contribution in [0.25, 0.3) is 10.8 Å². The molecule has 2 aromatic carbocycles. The highest BCUT2D eigenvalue weighted by Gasteiger charge is 2.47. The van der Waals surface area contributed by atoms with Crippen LogP contribution in [0.5, 0.6) is 0 Å². The summed E-state index contributed by atoms with van der Waals surface area (Å²) in [7, 11) is 0. The molecule has 0 bridgehead atoms. The number of rotatable bonds is 2. The van der Waals surface area contributed by atoms with Crippen molar-refractivity contribution in [2.45, 2.75) is 31.6 Å². The largest absolute Gasteiger partial charge is 0.342 e. The van der Waals surface area contributed by atoms with Crippen molar-refractivity contribution in [1.29, 1.82) is 0 Å². The van der Waals surface area contributed by atoms with Crippen molar-refractivity contribution < 1.29 is 4.79 Å². The molecule has 0 aromatic heterocycles. The van der Waals surface area contributed by atoms with E-state index in [1.165, 1.54) is 35.6 Å². The Balaban J connectivity index is 0.00000168. The molecule has 1 spiro atoms. The van der Waals surface area contributed by atoms with Gasteiger partial charge in [-0.05, 0) is 59.9 Å². The number of carbonyl (C=O) groups is 1. The molecular weight excluding hydrogens is 344 g/mol. The molecule has 3 fully saturated rings. The summed E-state index contributed by atoms with van der Waals surface area (Å²) in [6.07, 6.45) is 4.68. The second-order valence-electron chi connectivity index (χ2n) is 8.31. The second kappa shape index (κ2) is 6.86. The fraction of sp³-hybridized carbons (Fsp3) is 0.500. The fourth-order valence-corrected chi connectivity index (χ4v) is 4.93. The molecule has 5 rings (SSSR count). The summed E-state index contributed by atoms with van der Waals surface area (Å²) in [4.78, 5) is 15.1. The van der Waals surface area contributed by atoms with E-state index in [2.05, 4.69) is 52.7 Å². The first kappa shape index (κ1) is 17.8. The molecule has 2 unspecified atom stereocenters. The summed E-state index contributed by atoms with van der Waals surface area (Å²) in [5, 5.41) is 6.06. The Hall–Kier alpha value is -1.58. The maximum Gasteiger partial charge on any atom is 0.226 e.